The van der Waals surface area contributed by atoms with Crippen LogP contribution in [0.25, 0.3) is 0 Å². The Kier molecular flexibility index (Phi) is 3.50. The monoisotopic (exact) mass is 268 g/mol. The summed E-state index contributed by atoms with van der Waals surface area (Å²) in [6, 6.07) is 20.5. The Balaban J connectivity index is 1.95. The second-order valence-electron chi connectivity index (χ2n) is 5.49. The second-order valence-corrected chi connectivity index (χ2v) is 5.49. The zero-order valence-electron chi connectivity index (χ0n) is 12.7. The van der Waals surface area contributed by atoms with E-state index in [1.165, 1.54) is 0 Å². The molecule has 1 aliphatic rings. The first-order valence-electron chi connectivity index (χ1n) is 7.61. The van der Waals surface area contributed by atoms with Gasteiger partial charge in [0.1, 0.15) is 0 Å². The molecule has 1 saturated heterocycles. The molecule has 1 fully saturated rings. The van der Waals surface area contributed by atoms with E-state index < -0.39 is 6.08 Å². The summed E-state index contributed by atoms with van der Waals surface area (Å²) in [5.41, 5.74) is 2.32. The van der Waals surface area contributed by atoms with Crippen LogP contribution in [0.5, 0.6) is 0 Å². The van der Waals surface area contributed by atoms with Gasteiger partial charge in [0, 0.05) is 12.1 Å². The highest BCUT2D eigenvalue weighted by molar-refractivity contribution is 5.24. The summed E-state index contributed by atoms with van der Waals surface area (Å²) < 4.78 is 8.20. The van der Waals surface area contributed by atoms with Crippen molar-refractivity contribution in [3.63, 3.8) is 0 Å². The molecule has 1 heterocycles. The molecule has 3 atom stereocenters. The molecule has 0 spiro atoms. The predicted molar refractivity (Wildman–Crippen MR) is 81.4 cm³/mol. The highest BCUT2D eigenvalue weighted by atomic mass is 16.3. The maximum Gasteiger partial charge on any atom is 0.0602 e. The molecule has 0 aliphatic carbocycles. The van der Waals surface area contributed by atoms with E-state index in [0.29, 0.717) is 12.8 Å². The van der Waals surface area contributed by atoms with Gasteiger partial charge in [0.05, 0.1) is 7.45 Å². The van der Waals surface area contributed by atoms with Crippen LogP contribution in [0.3, 0.4) is 0 Å². The van der Waals surface area contributed by atoms with Crippen molar-refractivity contribution in [3.8, 4) is 0 Å². The SMILES string of the molecule is [2H]C1(O)C[C@H](c2ccccc2)N(C)[C@H](c2ccccc2)C1. The molecule has 20 heavy (non-hydrogen) atoms. The highest BCUT2D eigenvalue weighted by Crippen LogP contribution is 2.40. The Hall–Kier alpha value is -1.64. The summed E-state index contributed by atoms with van der Waals surface area (Å²) in [4.78, 5) is 2.29. The molecular formula is C18H21NO. The van der Waals surface area contributed by atoms with Crippen LogP contribution in [0.1, 0.15) is 37.4 Å². The Morgan fingerprint density at radius 1 is 0.900 bits per heavy atom. The number of rotatable bonds is 2. The van der Waals surface area contributed by atoms with E-state index in [4.69, 9.17) is 1.37 Å². The van der Waals surface area contributed by atoms with Crippen molar-refractivity contribution in [3.05, 3.63) is 71.8 Å². The first kappa shape index (κ1) is 12.1. The summed E-state index contributed by atoms with van der Waals surface area (Å²) in [6.07, 6.45) is -0.499. The molecule has 0 saturated carbocycles. The van der Waals surface area contributed by atoms with Crippen LogP contribution in [-0.2, 0) is 0 Å². The molecule has 1 aliphatic heterocycles. The molecule has 0 radical (unpaired) electrons. The van der Waals surface area contributed by atoms with Gasteiger partial charge in [-0.3, -0.25) is 4.90 Å². The van der Waals surface area contributed by atoms with Crippen molar-refractivity contribution < 1.29 is 6.48 Å². The third kappa shape index (κ3) is 2.62. The summed E-state index contributed by atoms with van der Waals surface area (Å²) >= 11 is 0. The van der Waals surface area contributed by atoms with E-state index in [2.05, 4.69) is 36.2 Å². The Morgan fingerprint density at radius 3 is 1.70 bits per heavy atom. The first-order valence-corrected chi connectivity index (χ1v) is 7.11. The lowest BCUT2D eigenvalue weighted by molar-refractivity contribution is 0.0140. The molecule has 0 aromatic heterocycles. The van der Waals surface area contributed by atoms with Gasteiger partial charge in [0.2, 0.25) is 0 Å². The summed E-state index contributed by atoms with van der Waals surface area (Å²) in [5, 5.41) is 10.4. The second kappa shape index (κ2) is 5.78. The van der Waals surface area contributed by atoms with E-state index >= 15 is 0 Å². The minimum absolute atomic E-state index is 0.0626. The van der Waals surface area contributed by atoms with Crippen LogP contribution in [0.4, 0.5) is 0 Å². The molecule has 2 aromatic carbocycles. The van der Waals surface area contributed by atoms with E-state index in [0.717, 1.165) is 11.1 Å². The molecule has 1 N–H and O–H groups in total. The molecule has 0 amide bonds. The van der Waals surface area contributed by atoms with Crippen LogP contribution in [0, 0.1) is 0 Å². The molecule has 2 heteroatoms. The number of piperidine rings is 1. The lowest BCUT2D eigenvalue weighted by atomic mass is 9.86. The Bertz CT molecular complexity index is 533. The average Bonchev–Trinajstić information content (AvgIpc) is 2.51. The number of hydrogen-bond donors (Lipinski definition) is 1. The lowest BCUT2D eigenvalue weighted by Crippen LogP contribution is -2.38. The molecule has 0 bridgehead atoms. The predicted octanol–water partition coefficient (Wildman–Crippen LogP) is 3.56. The summed E-state index contributed by atoms with van der Waals surface area (Å²) in [6.45, 7) is 0. The lowest BCUT2D eigenvalue weighted by Gasteiger charge is -2.42. The fourth-order valence-electron chi connectivity index (χ4n) is 3.09. The standard InChI is InChI=1S/C18H21NO/c1-19-17(14-8-4-2-5-9-14)12-16(20)13-18(19)15-10-6-3-7-11-15/h2-11,16-18,20H,12-13H2,1H3/t16?,17-,18+/i16D. The van der Waals surface area contributed by atoms with E-state index in [1.54, 1.807) is 0 Å². The van der Waals surface area contributed by atoms with Gasteiger partial charge in [-0.1, -0.05) is 60.7 Å². The van der Waals surface area contributed by atoms with Gasteiger partial charge in [-0.15, -0.1) is 0 Å². The van der Waals surface area contributed by atoms with E-state index in [9.17, 15) is 5.11 Å². The molecule has 3 rings (SSSR count). The Labute approximate surface area is 122 Å². The topological polar surface area (TPSA) is 23.5 Å². The molecular weight excluding hydrogens is 246 g/mol. The zero-order chi connectivity index (χ0) is 14.9. The van der Waals surface area contributed by atoms with Crippen LogP contribution in [0.2, 0.25) is 0 Å². The van der Waals surface area contributed by atoms with Gasteiger partial charge in [-0.25, -0.2) is 0 Å². The fourth-order valence-corrected chi connectivity index (χ4v) is 3.09. The Morgan fingerprint density at radius 2 is 1.30 bits per heavy atom. The first-order chi connectivity index (χ1) is 10.1. The quantitative estimate of drug-likeness (QED) is 0.900. The van der Waals surface area contributed by atoms with Crippen molar-refractivity contribution in [1.29, 1.82) is 0 Å². The molecule has 1 unspecified atom stereocenters. The van der Waals surface area contributed by atoms with E-state index in [-0.39, 0.29) is 12.1 Å². The summed E-state index contributed by atoms with van der Waals surface area (Å²) in [5.74, 6) is 0. The van der Waals surface area contributed by atoms with Gasteiger partial charge in [0.25, 0.3) is 0 Å². The van der Waals surface area contributed by atoms with E-state index in [1.807, 2.05) is 36.4 Å². The smallest absolute Gasteiger partial charge is 0.0602 e. The van der Waals surface area contributed by atoms with Gasteiger partial charge in [-0.2, -0.15) is 0 Å². The normalized spacial score (nSPS) is 31.8. The summed E-state index contributed by atoms with van der Waals surface area (Å²) in [7, 11) is 2.09. The third-order valence-corrected chi connectivity index (χ3v) is 4.21. The molecule has 2 aromatic rings. The third-order valence-electron chi connectivity index (χ3n) is 4.21. The van der Waals surface area contributed by atoms with Gasteiger partial charge < -0.3 is 5.11 Å². The number of hydrogen-bond acceptors (Lipinski definition) is 2. The van der Waals surface area contributed by atoms with Gasteiger partial charge >= 0.3 is 0 Å². The largest absolute Gasteiger partial charge is 0.393 e. The minimum Gasteiger partial charge on any atom is -0.393 e. The minimum atomic E-state index is -1.38. The molecule has 104 valence electrons. The highest BCUT2D eigenvalue weighted by Gasteiger charge is 2.33. The van der Waals surface area contributed by atoms with Gasteiger partial charge in [0.15, 0.2) is 0 Å². The number of aliphatic hydroxyl groups is 1. The average molecular weight is 268 g/mol. The maximum atomic E-state index is 10.4. The van der Waals surface area contributed by atoms with Crippen molar-refractivity contribution in [2.24, 2.45) is 0 Å². The molecule has 2 nitrogen and oxygen atoms in total. The van der Waals surface area contributed by atoms with Crippen molar-refractivity contribution >= 4 is 0 Å². The van der Waals surface area contributed by atoms with Crippen molar-refractivity contribution in [2.45, 2.75) is 31.0 Å². The maximum absolute atomic E-state index is 10.4. The van der Waals surface area contributed by atoms with Crippen LogP contribution >= 0.6 is 0 Å². The van der Waals surface area contributed by atoms with Crippen LogP contribution < -0.4 is 0 Å². The number of benzene rings is 2. The van der Waals surface area contributed by atoms with Crippen LogP contribution in [-0.4, -0.2) is 23.1 Å². The van der Waals surface area contributed by atoms with Crippen molar-refractivity contribution in [1.82, 2.24) is 4.90 Å². The van der Waals surface area contributed by atoms with Crippen LogP contribution in [0.15, 0.2) is 60.7 Å². The zero-order valence-corrected chi connectivity index (χ0v) is 11.7. The number of nitrogens with zero attached hydrogens (tertiary/aromatic N) is 1. The number of likely N-dealkylation sites (tertiary alicyclic amines) is 1. The van der Waals surface area contributed by atoms with Crippen molar-refractivity contribution in [2.75, 3.05) is 7.05 Å². The fraction of sp³-hybridized carbons (Fsp3) is 0.333. The van der Waals surface area contributed by atoms with Gasteiger partial charge in [-0.05, 0) is 31.0 Å².